The fourth-order valence-corrected chi connectivity index (χ4v) is 3.63. The van der Waals surface area contributed by atoms with Crippen LogP contribution < -0.4 is 15.4 Å². The highest BCUT2D eigenvalue weighted by Crippen LogP contribution is 2.18. The summed E-state index contributed by atoms with van der Waals surface area (Å²) in [5.41, 5.74) is 1.64. The maximum absolute atomic E-state index is 12.6. The van der Waals surface area contributed by atoms with E-state index in [-0.39, 0.29) is 23.9 Å². The molecule has 2 N–H and O–H groups in total. The highest BCUT2D eigenvalue weighted by molar-refractivity contribution is 5.94. The van der Waals surface area contributed by atoms with E-state index in [1.54, 1.807) is 7.11 Å². The molecular formula is C23H29N3O3. The molecule has 0 radical (unpaired) electrons. The number of nitrogens with zero attached hydrogens (tertiary/aromatic N) is 1. The number of nitrogens with one attached hydrogen (secondary N) is 2. The van der Waals surface area contributed by atoms with Gasteiger partial charge in [0, 0.05) is 36.8 Å². The molecule has 1 saturated heterocycles. The SMILES string of the molecule is COc1ccccc1CNC(=O)C(C)N1CCC(NC(=O)c2ccccc2)CC1. The molecule has 0 bridgehead atoms. The lowest BCUT2D eigenvalue weighted by atomic mass is 10.0. The van der Waals surface area contributed by atoms with Crippen molar-refractivity contribution in [3.8, 4) is 5.75 Å². The standard InChI is InChI=1S/C23H29N3O3/c1-17(22(27)24-16-19-10-6-7-11-21(19)29-2)26-14-12-20(13-15-26)25-23(28)18-8-4-3-5-9-18/h3-11,17,20H,12-16H2,1-2H3,(H,24,27)(H,25,28). The molecule has 6 nitrogen and oxygen atoms in total. The Labute approximate surface area is 172 Å². The van der Waals surface area contributed by atoms with Crippen LogP contribution in [0.3, 0.4) is 0 Å². The zero-order valence-electron chi connectivity index (χ0n) is 17.1. The Bertz CT molecular complexity index is 817. The third kappa shape index (κ3) is 5.57. The molecule has 1 fully saturated rings. The lowest BCUT2D eigenvalue weighted by Gasteiger charge is -2.35. The molecule has 2 aromatic carbocycles. The van der Waals surface area contributed by atoms with E-state index < -0.39 is 0 Å². The molecule has 2 aromatic rings. The number of benzene rings is 2. The molecule has 1 aliphatic rings. The number of likely N-dealkylation sites (tertiary alicyclic amines) is 1. The van der Waals surface area contributed by atoms with E-state index in [9.17, 15) is 9.59 Å². The summed E-state index contributed by atoms with van der Waals surface area (Å²) in [5, 5.41) is 6.11. The van der Waals surface area contributed by atoms with Crippen LogP contribution in [0.5, 0.6) is 5.75 Å². The predicted molar refractivity (Wildman–Crippen MR) is 113 cm³/mol. The van der Waals surface area contributed by atoms with Crippen LogP contribution in [0.4, 0.5) is 0 Å². The van der Waals surface area contributed by atoms with Crippen molar-refractivity contribution in [1.29, 1.82) is 0 Å². The molecule has 0 aliphatic carbocycles. The van der Waals surface area contributed by atoms with Crippen molar-refractivity contribution in [2.45, 2.75) is 38.4 Å². The number of hydrogen-bond acceptors (Lipinski definition) is 4. The number of carbonyl (C=O) groups excluding carboxylic acids is 2. The maximum atomic E-state index is 12.6. The van der Waals surface area contributed by atoms with E-state index in [1.165, 1.54) is 0 Å². The zero-order chi connectivity index (χ0) is 20.6. The highest BCUT2D eigenvalue weighted by atomic mass is 16.5. The molecule has 29 heavy (non-hydrogen) atoms. The number of methoxy groups -OCH3 is 1. The molecule has 0 spiro atoms. The molecule has 6 heteroatoms. The number of amides is 2. The summed E-state index contributed by atoms with van der Waals surface area (Å²) in [5.74, 6) is 0.741. The van der Waals surface area contributed by atoms with Gasteiger partial charge in [-0.25, -0.2) is 0 Å². The maximum Gasteiger partial charge on any atom is 0.251 e. The molecule has 1 aliphatic heterocycles. The fraction of sp³-hybridized carbons (Fsp3) is 0.391. The third-order valence-corrected chi connectivity index (χ3v) is 5.47. The molecule has 3 rings (SSSR count). The van der Waals surface area contributed by atoms with E-state index in [0.717, 1.165) is 37.2 Å². The minimum absolute atomic E-state index is 0.00248. The quantitative estimate of drug-likeness (QED) is 0.756. The van der Waals surface area contributed by atoms with Crippen molar-refractivity contribution in [3.05, 3.63) is 65.7 Å². The van der Waals surface area contributed by atoms with Crippen LogP contribution in [0.2, 0.25) is 0 Å². The molecular weight excluding hydrogens is 366 g/mol. The van der Waals surface area contributed by atoms with Gasteiger partial charge in [0.05, 0.1) is 13.2 Å². The molecule has 1 heterocycles. The second-order valence-electron chi connectivity index (χ2n) is 7.36. The third-order valence-electron chi connectivity index (χ3n) is 5.47. The number of hydrogen-bond donors (Lipinski definition) is 2. The summed E-state index contributed by atoms with van der Waals surface area (Å²) < 4.78 is 5.33. The van der Waals surface area contributed by atoms with E-state index in [4.69, 9.17) is 4.74 Å². The summed E-state index contributed by atoms with van der Waals surface area (Å²) in [6.45, 7) is 3.93. The number of para-hydroxylation sites is 1. The first kappa shape index (κ1) is 20.9. The Morgan fingerprint density at radius 3 is 2.41 bits per heavy atom. The van der Waals surface area contributed by atoms with Crippen LogP contribution in [0.1, 0.15) is 35.7 Å². The summed E-state index contributed by atoms with van der Waals surface area (Å²) in [6.07, 6.45) is 1.67. The average Bonchev–Trinajstić information content (AvgIpc) is 2.78. The molecule has 2 amide bonds. The Kier molecular flexibility index (Phi) is 7.25. The van der Waals surface area contributed by atoms with Crippen LogP contribution >= 0.6 is 0 Å². The first-order chi connectivity index (χ1) is 14.1. The lowest BCUT2D eigenvalue weighted by molar-refractivity contribution is -0.126. The molecule has 154 valence electrons. The lowest BCUT2D eigenvalue weighted by Crippen LogP contribution is -2.51. The molecule has 0 saturated carbocycles. The van der Waals surface area contributed by atoms with Crippen molar-refractivity contribution in [1.82, 2.24) is 15.5 Å². The normalized spacial score (nSPS) is 16.1. The number of carbonyl (C=O) groups is 2. The Hall–Kier alpha value is -2.86. The molecule has 1 atom stereocenters. The van der Waals surface area contributed by atoms with Gasteiger partial charge >= 0.3 is 0 Å². The van der Waals surface area contributed by atoms with Crippen LogP contribution in [0, 0.1) is 0 Å². The van der Waals surface area contributed by atoms with Gasteiger partial charge in [-0.2, -0.15) is 0 Å². The van der Waals surface area contributed by atoms with Gasteiger partial charge in [0.25, 0.3) is 5.91 Å². The number of piperidine rings is 1. The summed E-state index contributed by atoms with van der Waals surface area (Å²) in [6, 6.07) is 16.9. The minimum Gasteiger partial charge on any atom is -0.496 e. The summed E-state index contributed by atoms with van der Waals surface area (Å²) in [7, 11) is 1.63. The fourth-order valence-electron chi connectivity index (χ4n) is 3.63. The second-order valence-corrected chi connectivity index (χ2v) is 7.36. The predicted octanol–water partition coefficient (Wildman–Crippen LogP) is 2.59. The van der Waals surface area contributed by atoms with Gasteiger partial charge in [0.1, 0.15) is 5.75 Å². The smallest absolute Gasteiger partial charge is 0.251 e. The van der Waals surface area contributed by atoms with Crippen LogP contribution in [-0.2, 0) is 11.3 Å². The van der Waals surface area contributed by atoms with E-state index in [1.807, 2.05) is 61.5 Å². The monoisotopic (exact) mass is 395 g/mol. The van der Waals surface area contributed by atoms with E-state index >= 15 is 0 Å². The van der Waals surface area contributed by atoms with Crippen LogP contribution in [0.25, 0.3) is 0 Å². The van der Waals surface area contributed by atoms with Gasteiger partial charge in [0.15, 0.2) is 0 Å². The first-order valence-electron chi connectivity index (χ1n) is 10.1. The van der Waals surface area contributed by atoms with Crippen molar-refractivity contribution in [3.63, 3.8) is 0 Å². The topological polar surface area (TPSA) is 70.7 Å². The minimum atomic E-state index is -0.213. The van der Waals surface area contributed by atoms with Crippen molar-refractivity contribution >= 4 is 11.8 Å². The van der Waals surface area contributed by atoms with Gasteiger partial charge in [-0.05, 0) is 38.0 Å². The first-order valence-corrected chi connectivity index (χ1v) is 10.1. The number of rotatable bonds is 7. The second kappa shape index (κ2) is 10.1. The molecule has 1 unspecified atom stereocenters. The largest absolute Gasteiger partial charge is 0.496 e. The Morgan fingerprint density at radius 2 is 1.72 bits per heavy atom. The van der Waals surface area contributed by atoms with Crippen LogP contribution in [-0.4, -0.2) is 49.0 Å². The Morgan fingerprint density at radius 1 is 1.07 bits per heavy atom. The Balaban J connectivity index is 1.45. The highest BCUT2D eigenvalue weighted by Gasteiger charge is 2.27. The van der Waals surface area contributed by atoms with Gasteiger partial charge < -0.3 is 15.4 Å². The average molecular weight is 396 g/mol. The van der Waals surface area contributed by atoms with Gasteiger partial charge in [0.2, 0.25) is 5.91 Å². The zero-order valence-corrected chi connectivity index (χ0v) is 17.1. The van der Waals surface area contributed by atoms with Crippen molar-refractivity contribution in [2.24, 2.45) is 0 Å². The van der Waals surface area contributed by atoms with E-state index in [0.29, 0.717) is 12.1 Å². The van der Waals surface area contributed by atoms with Crippen molar-refractivity contribution < 1.29 is 14.3 Å². The summed E-state index contributed by atoms with van der Waals surface area (Å²) in [4.78, 5) is 27.1. The van der Waals surface area contributed by atoms with Crippen molar-refractivity contribution in [2.75, 3.05) is 20.2 Å². The van der Waals surface area contributed by atoms with Crippen LogP contribution in [0.15, 0.2) is 54.6 Å². The van der Waals surface area contributed by atoms with Gasteiger partial charge in [-0.15, -0.1) is 0 Å². The van der Waals surface area contributed by atoms with Gasteiger partial charge in [-0.3, -0.25) is 14.5 Å². The van der Waals surface area contributed by atoms with E-state index in [2.05, 4.69) is 15.5 Å². The summed E-state index contributed by atoms with van der Waals surface area (Å²) >= 11 is 0. The van der Waals surface area contributed by atoms with Gasteiger partial charge in [-0.1, -0.05) is 36.4 Å². The number of ether oxygens (including phenoxy) is 1. The molecule has 0 aromatic heterocycles.